The molecular weight excluding hydrogens is 406 g/mol. The quantitative estimate of drug-likeness (QED) is 0.404. The Hall–Kier alpha value is -3.22. The predicted molar refractivity (Wildman–Crippen MR) is 121 cm³/mol. The van der Waals surface area contributed by atoms with Crippen molar-refractivity contribution in [3.63, 3.8) is 0 Å². The first-order valence-electron chi connectivity index (χ1n) is 11.2. The van der Waals surface area contributed by atoms with Gasteiger partial charge in [0.15, 0.2) is 0 Å². The molecule has 0 amide bonds. The Morgan fingerprint density at radius 1 is 1.22 bits per heavy atom. The highest BCUT2D eigenvalue weighted by Crippen LogP contribution is 2.45. The summed E-state index contributed by atoms with van der Waals surface area (Å²) in [7, 11) is 0. The Labute approximate surface area is 188 Å². The van der Waals surface area contributed by atoms with Gasteiger partial charge in [0.05, 0.1) is 16.4 Å². The lowest BCUT2D eigenvalue weighted by atomic mass is 9.68. The molecule has 7 nitrogen and oxygen atoms in total. The van der Waals surface area contributed by atoms with Crippen molar-refractivity contribution in [2.45, 2.75) is 63.5 Å². The summed E-state index contributed by atoms with van der Waals surface area (Å²) < 4.78 is 6.05. The molecule has 0 spiro atoms. The molecule has 168 valence electrons. The average molecular weight is 436 g/mol. The number of pyridine rings is 1. The molecule has 1 saturated carbocycles. The van der Waals surface area contributed by atoms with Crippen LogP contribution in [0.1, 0.15) is 63.0 Å². The number of hydrogen-bond acceptors (Lipinski definition) is 6. The number of carbonyl (C=O) groups excluding carboxylic acids is 1. The maximum atomic E-state index is 13.7. The Bertz CT molecular complexity index is 1020. The Balaban J connectivity index is 1.78. The second-order valence-corrected chi connectivity index (χ2v) is 8.97. The van der Waals surface area contributed by atoms with Crippen molar-refractivity contribution in [2.24, 2.45) is 5.92 Å². The number of nitrogens with one attached hydrogen (secondary N) is 1. The highest BCUT2D eigenvalue weighted by atomic mass is 16.6. The van der Waals surface area contributed by atoms with E-state index in [1.807, 2.05) is 38.1 Å². The molecule has 1 N–H and O–H groups in total. The summed E-state index contributed by atoms with van der Waals surface area (Å²) in [6, 6.07) is 10.3. The molecule has 4 rings (SSSR count). The smallest absolute Gasteiger partial charge is 0.312 e. The van der Waals surface area contributed by atoms with E-state index < -0.39 is 16.4 Å². The number of nitro groups is 1. The summed E-state index contributed by atoms with van der Waals surface area (Å²) >= 11 is 0. The molecule has 2 heterocycles. The Kier molecular flexibility index (Phi) is 6.26. The number of aromatic nitrogens is 1. The number of esters is 1. The summed E-state index contributed by atoms with van der Waals surface area (Å²) in [6.45, 7) is 3.93. The lowest BCUT2D eigenvalue weighted by Crippen LogP contribution is -2.54. The normalized spacial score (nSPS) is 26.0. The van der Waals surface area contributed by atoms with Crippen LogP contribution in [0.15, 0.2) is 60.6 Å². The molecule has 0 bridgehead atoms. The van der Waals surface area contributed by atoms with Gasteiger partial charge in [-0.15, -0.1) is 0 Å². The monoisotopic (exact) mass is 435 g/mol. The van der Waals surface area contributed by atoms with Crippen LogP contribution < -0.4 is 5.32 Å². The highest BCUT2D eigenvalue weighted by Gasteiger charge is 2.49. The van der Waals surface area contributed by atoms with E-state index in [0.29, 0.717) is 0 Å². The maximum absolute atomic E-state index is 13.7. The van der Waals surface area contributed by atoms with Gasteiger partial charge in [0, 0.05) is 36.1 Å². The third kappa shape index (κ3) is 4.38. The summed E-state index contributed by atoms with van der Waals surface area (Å²) in [4.78, 5) is 29.0. The fourth-order valence-electron chi connectivity index (χ4n) is 5.11. The van der Waals surface area contributed by atoms with Crippen molar-refractivity contribution >= 4 is 11.7 Å². The van der Waals surface area contributed by atoms with Gasteiger partial charge in [-0.3, -0.25) is 19.9 Å². The van der Waals surface area contributed by atoms with Crippen molar-refractivity contribution < 1.29 is 14.5 Å². The van der Waals surface area contributed by atoms with E-state index >= 15 is 0 Å². The molecule has 1 aromatic carbocycles. The fourth-order valence-corrected chi connectivity index (χ4v) is 5.11. The first-order valence-corrected chi connectivity index (χ1v) is 11.2. The van der Waals surface area contributed by atoms with E-state index in [1.54, 1.807) is 24.5 Å². The van der Waals surface area contributed by atoms with Crippen LogP contribution in [-0.4, -0.2) is 22.0 Å². The van der Waals surface area contributed by atoms with E-state index in [1.165, 1.54) is 12.5 Å². The number of rotatable bonds is 5. The van der Waals surface area contributed by atoms with Crippen LogP contribution in [-0.2, 0) is 15.1 Å². The molecular formula is C25H29N3O4. The molecule has 2 aliphatic rings. The molecule has 32 heavy (non-hydrogen) atoms. The number of benzene rings is 1. The second kappa shape index (κ2) is 9.10. The number of non-ortho nitro benzene ring substituents is 1. The van der Waals surface area contributed by atoms with Crippen LogP contribution in [0.4, 0.5) is 5.69 Å². The van der Waals surface area contributed by atoms with Crippen molar-refractivity contribution in [1.82, 2.24) is 10.3 Å². The average Bonchev–Trinajstić information content (AvgIpc) is 2.79. The van der Waals surface area contributed by atoms with E-state index in [0.717, 1.165) is 42.5 Å². The fraction of sp³-hybridized carbons (Fsp3) is 0.440. The van der Waals surface area contributed by atoms with E-state index in [2.05, 4.69) is 10.3 Å². The van der Waals surface area contributed by atoms with Crippen molar-refractivity contribution in [1.29, 1.82) is 0 Å². The number of carbonyl (C=O) groups is 1. The van der Waals surface area contributed by atoms with E-state index in [9.17, 15) is 14.9 Å². The third-order valence-electron chi connectivity index (χ3n) is 6.68. The highest BCUT2D eigenvalue weighted by molar-refractivity contribution is 5.77. The first kappa shape index (κ1) is 22.0. The third-order valence-corrected chi connectivity index (χ3v) is 6.68. The van der Waals surface area contributed by atoms with Crippen molar-refractivity contribution in [2.75, 3.05) is 0 Å². The number of nitrogens with zero attached hydrogens (tertiary/aromatic N) is 2. The standard InChI is InChI=1S/C25H29N3O4/c1-17-14-22(18-8-6-10-20(15-18)28(30)31)23(24(29)32-21-11-4-3-5-12-21)25(2,27-17)19-9-7-13-26-16-19/h6-10,13-16,21-23,27H,3-5,11-12H2,1-2H3. The van der Waals surface area contributed by atoms with Crippen molar-refractivity contribution in [3.8, 4) is 0 Å². The molecule has 7 heteroatoms. The van der Waals surface area contributed by atoms with Crippen LogP contribution in [0.25, 0.3) is 0 Å². The lowest BCUT2D eigenvalue weighted by molar-refractivity contribution is -0.384. The first-order chi connectivity index (χ1) is 15.4. The van der Waals surface area contributed by atoms with Gasteiger partial charge in [-0.05, 0) is 56.7 Å². The number of nitro benzene ring substituents is 1. The topological polar surface area (TPSA) is 94.4 Å². The van der Waals surface area contributed by atoms with Gasteiger partial charge in [0.25, 0.3) is 5.69 Å². The van der Waals surface area contributed by atoms with Crippen LogP contribution in [0, 0.1) is 16.0 Å². The van der Waals surface area contributed by atoms with Crippen LogP contribution >= 0.6 is 0 Å². The number of hydrogen-bond donors (Lipinski definition) is 1. The van der Waals surface area contributed by atoms with Gasteiger partial charge in [-0.1, -0.05) is 30.7 Å². The summed E-state index contributed by atoms with van der Waals surface area (Å²) in [5.74, 6) is -1.27. The predicted octanol–water partition coefficient (Wildman–Crippen LogP) is 4.99. The molecule has 1 aromatic heterocycles. The van der Waals surface area contributed by atoms with Crippen LogP contribution in [0.2, 0.25) is 0 Å². The minimum atomic E-state index is -0.784. The van der Waals surface area contributed by atoms with Crippen LogP contribution in [0.5, 0.6) is 0 Å². The second-order valence-electron chi connectivity index (χ2n) is 8.97. The number of ether oxygens (including phenoxy) is 1. The zero-order chi connectivity index (χ0) is 22.7. The molecule has 1 aliphatic carbocycles. The van der Waals surface area contributed by atoms with Gasteiger partial charge in [-0.25, -0.2) is 0 Å². The zero-order valence-corrected chi connectivity index (χ0v) is 18.5. The minimum absolute atomic E-state index is 0.00886. The summed E-state index contributed by atoms with van der Waals surface area (Å²) in [5.41, 5.74) is 1.71. The molecule has 1 aliphatic heterocycles. The van der Waals surface area contributed by atoms with Gasteiger partial charge in [-0.2, -0.15) is 0 Å². The van der Waals surface area contributed by atoms with Gasteiger partial charge in [0.2, 0.25) is 0 Å². The Morgan fingerprint density at radius 2 is 2.00 bits per heavy atom. The Morgan fingerprint density at radius 3 is 2.69 bits per heavy atom. The molecule has 3 unspecified atom stereocenters. The van der Waals surface area contributed by atoms with Crippen molar-refractivity contribution in [3.05, 3.63) is 81.8 Å². The largest absolute Gasteiger partial charge is 0.462 e. The minimum Gasteiger partial charge on any atom is -0.462 e. The zero-order valence-electron chi connectivity index (χ0n) is 18.5. The molecule has 0 saturated heterocycles. The lowest BCUT2D eigenvalue weighted by Gasteiger charge is -2.45. The summed E-state index contributed by atoms with van der Waals surface area (Å²) in [5, 5.41) is 14.9. The molecule has 1 fully saturated rings. The van der Waals surface area contributed by atoms with Crippen LogP contribution in [0.3, 0.4) is 0 Å². The van der Waals surface area contributed by atoms with E-state index in [-0.39, 0.29) is 23.7 Å². The maximum Gasteiger partial charge on any atom is 0.312 e. The molecule has 2 aromatic rings. The SMILES string of the molecule is CC1=CC(c2cccc([N+](=O)[O-])c2)C(C(=O)OC2CCCCC2)C(C)(c2cccnc2)N1. The number of allylic oxidation sites excluding steroid dienone is 2. The van der Waals surface area contributed by atoms with E-state index in [4.69, 9.17) is 4.74 Å². The molecule has 0 radical (unpaired) electrons. The van der Waals surface area contributed by atoms with Gasteiger partial charge < -0.3 is 10.1 Å². The van der Waals surface area contributed by atoms with Gasteiger partial charge >= 0.3 is 5.97 Å². The summed E-state index contributed by atoms with van der Waals surface area (Å²) in [6.07, 6.45) is 10.4. The van der Waals surface area contributed by atoms with Gasteiger partial charge in [0.1, 0.15) is 6.10 Å². The molecule has 3 atom stereocenters.